The fourth-order valence-corrected chi connectivity index (χ4v) is 1.80. The lowest BCUT2D eigenvalue weighted by atomic mass is 10.1. The molecule has 0 unspecified atom stereocenters. The summed E-state index contributed by atoms with van der Waals surface area (Å²) in [6.45, 7) is 0. The molecule has 0 saturated carbocycles. The second-order valence-corrected chi connectivity index (χ2v) is 4.22. The third-order valence-electron chi connectivity index (χ3n) is 2.84. The van der Waals surface area contributed by atoms with Crippen molar-refractivity contribution in [2.24, 2.45) is 0 Å². The van der Waals surface area contributed by atoms with Gasteiger partial charge in [0.1, 0.15) is 23.0 Å². The van der Waals surface area contributed by atoms with E-state index in [0.717, 1.165) is 5.56 Å². The summed E-state index contributed by atoms with van der Waals surface area (Å²) in [5.41, 5.74) is 1.40. The molecule has 2 aromatic rings. The number of benzene rings is 2. The third-order valence-corrected chi connectivity index (χ3v) is 2.84. The Morgan fingerprint density at radius 1 is 0.850 bits per heavy atom. The molecule has 0 bridgehead atoms. The number of hydrogen-bond acceptors (Lipinski definition) is 4. The molecule has 0 spiro atoms. The number of ether oxygens (including phenoxy) is 2. The van der Waals surface area contributed by atoms with Crippen LogP contribution in [0, 0.1) is 0 Å². The van der Waals surface area contributed by atoms with Crippen LogP contribution >= 0.6 is 0 Å². The van der Waals surface area contributed by atoms with Crippen LogP contribution in [0.4, 0.5) is 0 Å². The molecule has 0 aliphatic carbocycles. The number of rotatable bonds is 4. The molecule has 2 N–H and O–H groups in total. The quantitative estimate of drug-likeness (QED) is 0.838. The molecule has 104 valence electrons. The van der Waals surface area contributed by atoms with E-state index in [9.17, 15) is 10.2 Å². The monoisotopic (exact) mass is 272 g/mol. The highest BCUT2D eigenvalue weighted by atomic mass is 16.5. The molecule has 20 heavy (non-hydrogen) atoms. The zero-order valence-corrected chi connectivity index (χ0v) is 11.3. The zero-order chi connectivity index (χ0) is 14.5. The van der Waals surface area contributed by atoms with E-state index in [2.05, 4.69) is 0 Å². The van der Waals surface area contributed by atoms with Gasteiger partial charge in [-0.15, -0.1) is 0 Å². The number of methoxy groups -OCH3 is 2. The van der Waals surface area contributed by atoms with Gasteiger partial charge in [0, 0.05) is 11.6 Å². The molecule has 0 aliphatic heterocycles. The predicted octanol–water partition coefficient (Wildman–Crippen LogP) is 3.29. The first-order chi connectivity index (χ1) is 9.62. The Hall–Kier alpha value is -2.62. The average molecular weight is 272 g/mol. The Morgan fingerprint density at radius 2 is 1.60 bits per heavy atom. The van der Waals surface area contributed by atoms with Gasteiger partial charge in [-0.3, -0.25) is 0 Å². The molecule has 4 nitrogen and oxygen atoms in total. The molecular weight excluding hydrogens is 256 g/mol. The highest BCUT2D eigenvalue weighted by Gasteiger charge is 2.01. The van der Waals surface area contributed by atoms with E-state index in [1.54, 1.807) is 49.6 Å². The highest BCUT2D eigenvalue weighted by molar-refractivity contribution is 5.74. The Balaban J connectivity index is 2.31. The molecule has 2 rings (SSSR count). The lowest BCUT2D eigenvalue weighted by Crippen LogP contribution is -1.84. The minimum absolute atomic E-state index is 0.124. The zero-order valence-electron chi connectivity index (χ0n) is 11.3. The summed E-state index contributed by atoms with van der Waals surface area (Å²) in [4.78, 5) is 0. The molecule has 4 heteroatoms. The van der Waals surface area contributed by atoms with Crippen molar-refractivity contribution in [1.82, 2.24) is 0 Å². The van der Waals surface area contributed by atoms with Crippen molar-refractivity contribution in [1.29, 1.82) is 0 Å². The highest BCUT2D eigenvalue weighted by Crippen LogP contribution is 2.26. The van der Waals surface area contributed by atoms with E-state index in [1.165, 1.54) is 13.2 Å². The van der Waals surface area contributed by atoms with Gasteiger partial charge in [0.15, 0.2) is 0 Å². The number of hydrogen-bond donors (Lipinski definition) is 2. The average Bonchev–Trinajstić information content (AvgIpc) is 2.45. The third kappa shape index (κ3) is 3.23. The van der Waals surface area contributed by atoms with E-state index in [0.29, 0.717) is 17.1 Å². The maximum absolute atomic E-state index is 9.78. The van der Waals surface area contributed by atoms with Gasteiger partial charge in [0.2, 0.25) is 0 Å². The second kappa shape index (κ2) is 6.02. The summed E-state index contributed by atoms with van der Waals surface area (Å²) in [5.74, 6) is 1.52. The molecule has 0 radical (unpaired) electrons. The standard InChI is InChI=1S/C16H16O4/c1-19-14-5-6-16(18)12(9-14)4-3-11-7-13(17)10-15(8-11)20-2/h3-10,17-18H,1-2H3. The van der Waals surface area contributed by atoms with Crippen LogP contribution in [0.3, 0.4) is 0 Å². The van der Waals surface area contributed by atoms with Crippen molar-refractivity contribution in [3.8, 4) is 23.0 Å². The lowest BCUT2D eigenvalue weighted by Gasteiger charge is -2.04. The van der Waals surface area contributed by atoms with Gasteiger partial charge in [-0.2, -0.15) is 0 Å². The smallest absolute Gasteiger partial charge is 0.123 e. The summed E-state index contributed by atoms with van der Waals surface area (Å²) in [6, 6.07) is 9.90. The van der Waals surface area contributed by atoms with Gasteiger partial charge >= 0.3 is 0 Å². The van der Waals surface area contributed by atoms with E-state index in [-0.39, 0.29) is 11.5 Å². The molecule has 0 aliphatic rings. The molecule has 2 aromatic carbocycles. The Labute approximate surface area is 117 Å². The van der Waals surface area contributed by atoms with Gasteiger partial charge in [0.25, 0.3) is 0 Å². The molecule has 0 fully saturated rings. The number of phenolic OH excluding ortho intramolecular Hbond substituents is 2. The van der Waals surface area contributed by atoms with Crippen molar-refractivity contribution in [3.63, 3.8) is 0 Å². The molecule has 0 atom stereocenters. The molecule has 0 saturated heterocycles. The van der Waals surface area contributed by atoms with Gasteiger partial charge in [-0.1, -0.05) is 12.2 Å². The SMILES string of the molecule is COc1cc(O)cc(C=Cc2cc(OC)ccc2O)c1. The van der Waals surface area contributed by atoms with Gasteiger partial charge in [-0.05, 0) is 35.9 Å². The first-order valence-electron chi connectivity index (χ1n) is 6.05. The predicted molar refractivity (Wildman–Crippen MR) is 78.2 cm³/mol. The Bertz CT molecular complexity index is 632. The summed E-state index contributed by atoms with van der Waals surface area (Å²) in [5, 5.41) is 19.4. The van der Waals surface area contributed by atoms with Crippen molar-refractivity contribution in [2.45, 2.75) is 0 Å². The molecule has 0 heterocycles. The summed E-state index contributed by atoms with van der Waals surface area (Å²) in [6.07, 6.45) is 3.52. The van der Waals surface area contributed by atoms with Crippen LogP contribution < -0.4 is 9.47 Å². The first kappa shape index (κ1) is 13.8. The van der Waals surface area contributed by atoms with E-state index in [1.807, 2.05) is 0 Å². The van der Waals surface area contributed by atoms with Crippen molar-refractivity contribution < 1.29 is 19.7 Å². The van der Waals surface area contributed by atoms with Gasteiger partial charge in [-0.25, -0.2) is 0 Å². The van der Waals surface area contributed by atoms with Crippen LogP contribution in [0.2, 0.25) is 0 Å². The number of aromatic hydroxyl groups is 2. The summed E-state index contributed by atoms with van der Waals surface area (Å²) >= 11 is 0. The maximum atomic E-state index is 9.78. The van der Waals surface area contributed by atoms with E-state index < -0.39 is 0 Å². The first-order valence-corrected chi connectivity index (χ1v) is 6.05. The van der Waals surface area contributed by atoms with Crippen LogP contribution in [-0.2, 0) is 0 Å². The summed E-state index contributed by atoms with van der Waals surface area (Å²) in [7, 11) is 3.11. The van der Waals surface area contributed by atoms with Crippen LogP contribution in [0.5, 0.6) is 23.0 Å². The minimum Gasteiger partial charge on any atom is -0.508 e. The van der Waals surface area contributed by atoms with Crippen LogP contribution in [-0.4, -0.2) is 24.4 Å². The lowest BCUT2D eigenvalue weighted by molar-refractivity contribution is 0.407. The van der Waals surface area contributed by atoms with E-state index in [4.69, 9.17) is 9.47 Å². The Kier molecular flexibility index (Phi) is 4.15. The van der Waals surface area contributed by atoms with Gasteiger partial charge < -0.3 is 19.7 Å². The fourth-order valence-electron chi connectivity index (χ4n) is 1.80. The van der Waals surface area contributed by atoms with Gasteiger partial charge in [0.05, 0.1) is 14.2 Å². The Morgan fingerprint density at radius 3 is 2.30 bits per heavy atom. The maximum Gasteiger partial charge on any atom is 0.123 e. The van der Waals surface area contributed by atoms with E-state index >= 15 is 0 Å². The molecule has 0 aromatic heterocycles. The second-order valence-electron chi connectivity index (χ2n) is 4.22. The topological polar surface area (TPSA) is 58.9 Å². The van der Waals surface area contributed by atoms with Crippen LogP contribution in [0.25, 0.3) is 12.2 Å². The van der Waals surface area contributed by atoms with Crippen LogP contribution in [0.15, 0.2) is 36.4 Å². The normalized spacial score (nSPS) is 10.7. The van der Waals surface area contributed by atoms with Crippen LogP contribution in [0.1, 0.15) is 11.1 Å². The van der Waals surface area contributed by atoms with Crippen molar-refractivity contribution >= 4 is 12.2 Å². The summed E-state index contributed by atoms with van der Waals surface area (Å²) < 4.78 is 10.2. The van der Waals surface area contributed by atoms with Crippen molar-refractivity contribution in [2.75, 3.05) is 14.2 Å². The fraction of sp³-hybridized carbons (Fsp3) is 0.125. The number of phenols is 2. The largest absolute Gasteiger partial charge is 0.508 e. The molecular formula is C16H16O4. The minimum atomic E-state index is 0.124. The van der Waals surface area contributed by atoms with Crippen molar-refractivity contribution in [3.05, 3.63) is 47.5 Å². The molecule has 0 amide bonds.